The number of aromatic nitrogens is 2. The molecule has 2 heterocycles. The number of Topliss-reactive ketones (excluding diaryl/α,β-unsaturated/α-hetero) is 1. The van der Waals surface area contributed by atoms with Crippen molar-refractivity contribution >= 4 is 5.78 Å². The van der Waals surface area contributed by atoms with Gasteiger partial charge < -0.3 is 10.5 Å². The summed E-state index contributed by atoms with van der Waals surface area (Å²) in [6.07, 6.45) is 1.91. The van der Waals surface area contributed by atoms with E-state index in [9.17, 15) is 10.1 Å². The Kier molecular flexibility index (Phi) is 3.05. The van der Waals surface area contributed by atoms with Crippen LogP contribution in [0.4, 0.5) is 0 Å². The van der Waals surface area contributed by atoms with E-state index in [2.05, 4.69) is 11.2 Å². The average molecular weight is 284 g/mol. The van der Waals surface area contributed by atoms with Gasteiger partial charge in [-0.2, -0.15) is 10.4 Å². The Balaban J connectivity index is 2.22. The topological polar surface area (TPSA) is 93.9 Å². The molecule has 0 saturated heterocycles. The Morgan fingerprint density at radius 1 is 1.52 bits per heavy atom. The number of nitrogens with zero attached hydrogens (tertiary/aromatic N) is 3. The smallest absolute Gasteiger partial charge is 0.205 e. The molecule has 1 aromatic rings. The maximum atomic E-state index is 12.4. The van der Waals surface area contributed by atoms with Crippen molar-refractivity contribution in [2.45, 2.75) is 32.1 Å². The Labute approximate surface area is 122 Å². The van der Waals surface area contributed by atoms with E-state index in [1.807, 2.05) is 13.0 Å². The Bertz CT molecular complexity index is 733. The van der Waals surface area contributed by atoms with Gasteiger partial charge in [0.15, 0.2) is 5.78 Å². The molecule has 0 fully saturated rings. The van der Waals surface area contributed by atoms with Gasteiger partial charge in [0.1, 0.15) is 17.4 Å². The minimum absolute atomic E-state index is 0.0281. The molecule has 1 atom stereocenters. The number of hydrogen-bond donors (Lipinski definition) is 1. The molecule has 0 bridgehead atoms. The van der Waals surface area contributed by atoms with Gasteiger partial charge in [-0.05, 0) is 19.4 Å². The van der Waals surface area contributed by atoms with Gasteiger partial charge in [0.05, 0.1) is 17.3 Å². The molecule has 0 radical (unpaired) electrons. The van der Waals surface area contributed by atoms with E-state index in [1.54, 1.807) is 11.7 Å². The van der Waals surface area contributed by atoms with Gasteiger partial charge in [-0.3, -0.25) is 9.48 Å². The van der Waals surface area contributed by atoms with Crippen LogP contribution >= 0.6 is 0 Å². The molecule has 2 N–H and O–H groups in total. The maximum Gasteiger partial charge on any atom is 0.205 e. The van der Waals surface area contributed by atoms with Gasteiger partial charge in [-0.15, -0.1) is 0 Å². The van der Waals surface area contributed by atoms with Crippen LogP contribution in [-0.4, -0.2) is 15.6 Å². The molecule has 0 aromatic carbocycles. The summed E-state index contributed by atoms with van der Waals surface area (Å²) in [6.45, 7) is 1.87. The predicted molar refractivity (Wildman–Crippen MR) is 74.5 cm³/mol. The zero-order valence-electron chi connectivity index (χ0n) is 12.0. The van der Waals surface area contributed by atoms with Crippen LogP contribution in [0, 0.1) is 18.3 Å². The number of nitrogens with two attached hydrogens (primary N) is 1. The molecule has 3 rings (SSSR count). The van der Waals surface area contributed by atoms with Crippen LogP contribution in [0.25, 0.3) is 0 Å². The Morgan fingerprint density at radius 2 is 2.29 bits per heavy atom. The lowest BCUT2D eigenvalue weighted by Gasteiger charge is -2.30. The third-order valence-corrected chi connectivity index (χ3v) is 3.94. The van der Waals surface area contributed by atoms with Crippen LogP contribution in [0.1, 0.15) is 36.6 Å². The molecule has 0 amide bonds. The van der Waals surface area contributed by atoms with Crippen molar-refractivity contribution < 1.29 is 9.53 Å². The van der Waals surface area contributed by atoms with Gasteiger partial charge in [-0.1, -0.05) is 0 Å². The molecule has 1 aliphatic carbocycles. The summed E-state index contributed by atoms with van der Waals surface area (Å²) in [5.41, 5.74) is 8.36. The molecule has 21 heavy (non-hydrogen) atoms. The molecular formula is C15H16N4O2. The first kappa shape index (κ1) is 13.4. The number of nitriles is 1. The predicted octanol–water partition coefficient (Wildman–Crippen LogP) is 1.54. The average Bonchev–Trinajstić information content (AvgIpc) is 2.76. The number of carbonyl (C=O) groups is 1. The number of aryl methyl sites for hydroxylation is 2. The van der Waals surface area contributed by atoms with E-state index in [0.717, 1.165) is 17.8 Å². The monoisotopic (exact) mass is 284 g/mol. The van der Waals surface area contributed by atoms with Crippen molar-refractivity contribution in [3.63, 3.8) is 0 Å². The fourth-order valence-corrected chi connectivity index (χ4v) is 3.05. The van der Waals surface area contributed by atoms with Crippen LogP contribution in [0.5, 0.6) is 0 Å². The summed E-state index contributed by atoms with van der Waals surface area (Å²) in [5, 5.41) is 13.7. The first-order chi connectivity index (χ1) is 10.0. The van der Waals surface area contributed by atoms with Crippen LogP contribution in [0.15, 0.2) is 28.9 Å². The molecule has 0 saturated carbocycles. The highest BCUT2D eigenvalue weighted by atomic mass is 16.5. The standard InChI is InChI=1S/C15H16N4O2/c1-8-6-10(19(2)18-8)13-9(7-16)15(17)21-12-5-3-4-11(20)14(12)13/h6,13H,3-5,17H2,1-2H3. The second-order valence-electron chi connectivity index (χ2n) is 5.37. The molecule has 0 spiro atoms. The molecule has 2 aliphatic rings. The second kappa shape index (κ2) is 4.77. The van der Waals surface area contributed by atoms with E-state index >= 15 is 0 Å². The number of ether oxygens (including phenoxy) is 1. The minimum atomic E-state index is -0.474. The second-order valence-corrected chi connectivity index (χ2v) is 5.37. The number of allylic oxidation sites excluding steroid dienone is 3. The van der Waals surface area contributed by atoms with Crippen molar-refractivity contribution in [1.82, 2.24) is 9.78 Å². The maximum absolute atomic E-state index is 12.4. The van der Waals surface area contributed by atoms with Crippen molar-refractivity contribution in [2.75, 3.05) is 0 Å². The fourth-order valence-electron chi connectivity index (χ4n) is 3.05. The third-order valence-electron chi connectivity index (χ3n) is 3.94. The minimum Gasteiger partial charge on any atom is -0.444 e. The lowest BCUT2D eigenvalue weighted by Crippen LogP contribution is -2.28. The van der Waals surface area contributed by atoms with E-state index in [4.69, 9.17) is 10.5 Å². The van der Waals surface area contributed by atoms with Gasteiger partial charge in [0.25, 0.3) is 0 Å². The van der Waals surface area contributed by atoms with Gasteiger partial charge >= 0.3 is 0 Å². The van der Waals surface area contributed by atoms with Crippen LogP contribution in [0.3, 0.4) is 0 Å². The van der Waals surface area contributed by atoms with Crippen molar-refractivity contribution in [2.24, 2.45) is 12.8 Å². The fraction of sp³-hybridized carbons (Fsp3) is 0.400. The quantitative estimate of drug-likeness (QED) is 0.844. The summed E-state index contributed by atoms with van der Waals surface area (Å²) in [5.74, 6) is 0.250. The normalized spacial score (nSPS) is 22.0. The molecule has 6 nitrogen and oxygen atoms in total. The summed E-state index contributed by atoms with van der Waals surface area (Å²) in [7, 11) is 1.80. The Hall–Kier alpha value is -2.55. The summed E-state index contributed by atoms with van der Waals surface area (Å²) in [6, 6.07) is 3.98. The zero-order chi connectivity index (χ0) is 15.1. The van der Waals surface area contributed by atoms with Crippen molar-refractivity contribution in [3.8, 4) is 6.07 Å². The molecule has 1 aliphatic heterocycles. The third kappa shape index (κ3) is 2.02. The summed E-state index contributed by atoms with van der Waals surface area (Å²) >= 11 is 0. The summed E-state index contributed by atoms with van der Waals surface area (Å²) in [4.78, 5) is 12.4. The molecule has 1 aromatic heterocycles. The van der Waals surface area contributed by atoms with Crippen molar-refractivity contribution in [1.29, 1.82) is 5.26 Å². The largest absolute Gasteiger partial charge is 0.444 e. The number of hydrogen-bond acceptors (Lipinski definition) is 5. The van der Waals surface area contributed by atoms with Crippen LogP contribution in [-0.2, 0) is 16.6 Å². The van der Waals surface area contributed by atoms with Crippen LogP contribution in [0.2, 0.25) is 0 Å². The summed E-state index contributed by atoms with van der Waals surface area (Å²) < 4.78 is 7.22. The first-order valence-corrected chi connectivity index (χ1v) is 6.87. The van der Waals surface area contributed by atoms with Crippen LogP contribution < -0.4 is 5.73 Å². The first-order valence-electron chi connectivity index (χ1n) is 6.87. The highest BCUT2D eigenvalue weighted by Crippen LogP contribution is 2.43. The number of rotatable bonds is 1. The molecule has 1 unspecified atom stereocenters. The lowest BCUT2D eigenvalue weighted by atomic mass is 9.79. The van der Waals surface area contributed by atoms with Gasteiger partial charge in [-0.25, -0.2) is 0 Å². The number of ketones is 1. The Morgan fingerprint density at radius 3 is 2.90 bits per heavy atom. The van der Waals surface area contributed by atoms with Gasteiger partial charge in [0, 0.05) is 25.5 Å². The highest BCUT2D eigenvalue weighted by molar-refractivity contribution is 5.99. The zero-order valence-corrected chi connectivity index (χ0v) is 12.0. The van der Waals surface area contributed by atoms with E-state index in [1.165, 1.54) is 0 Å². The van der Waals surface area contributed by atoms with Gasteiger partial charge in [0.2, 0.25) is 5.88 Å². The van der Waals surface area contributed by atoms with Crippen molar-refractivity contribution in [3.05, 3.63) is 40.2 Å². The number of carbonyl (C=O) groups excluding carboxylic acids is 1. The lowest BCUT2D eigenvalue weighted by molar-refractivity contribution is -0.116. The van der Waals surface area contributed by atoms with E-state index in [0.29, 0.717) is 24.2 Å². The van der Waals surface area contributed by atoms with E-state index in [-0.39, 0.29) is 17.2 Å². The highest BCUT2D eigenvalue weighted by Gasteiger charge is 2.39. The molecule has 108 valence electrons. The molecule has 6 heteroatoms. The SMILES string of the molecule is Cc1cc(C2C(C#N)=C(N)OC3=C2C(=O)CCC3)n(C)n1. The molecular weight excluding hydrogens is 268 g/mol. The van der Waals surface area contributed by atoms with E-state index < -0.39 is 5.92 Å².